The third-order valence-corrected chi connectivity index (χ3v) is 2.32. The van der Waals surface area contributed by atoms with Gasteiger partial charge in [-0.1, -0.05) is 24.0 Å². The van der Waals surface area contributed by atoms with Crippen molar-refractivity contribution in [3.8, 4) is 11.8 Å². The van der Waals surface area contributed by atoms with Crippen molar-refractivity contribution in [2.75, 3.05) is 20.1 Å². The van der Waals surface area contributed by atoms with E-state index in [0.29, 0.717) is 13.1 Å². The Kier molecular flexibility index (Phi) is 5.71. The van der Waals surface area contributed by atoms with Crippen LogP contribution in [0.4, 0.5) is 0 Å². The summed E-state index contributed by atoms with van der Waals surface area (Å²) in [5.41, 5.74) is 7.51. The molecule has 0 amide bonds. The predicted molar refractivity (Wildman–Crippen MR) is 70.4 cm³/mol. The monoisotopic (exact) mass is 232 g/mol. The number of likely N-dealkylation sites (N-methyl/N-ethyl adjacent to an activating group) is 1. The van der Waals surface area contributed by atoms with Gasteiger partial charge in [0, 0.05) is 18.7 Å². The van der Waals surface area contributed by atoms with Crippen LogP contribution in [0.5, 0.6) is 0 Å². The molecule has 0 fully saturated rings. The zero-order valence-corrected chi connectivity index (χ0v) is 10.5. The van der Waals surface area contributed by atoms with Crippen LogP contribution in [0.15, 0.2) is 24.3 Å². The fourth-order valence-electron chi connectivity index (χ4n) is 1.67. The molecule has 1 rings (SSSR count). The van der Waals surface area contributed by atoms with Crippen LogP contribution < -0.4 is 5.73 Å². The van der Waals surface area contributed by atoms with Gasteiger partial charge in [0.05, 0.1) is 12.6 Å². The minimum absolute atomic E-state index is 0.297. The Morgan fingerprint density at radius 2 is 2.00 bits per heavy atom. The Balaban J connectivity index is 2.56. The lowest BCUT2D eigenvalue weighted by Gasteiger charge is -2.18. The van der Waals surface area contributed by atoms with Crippen molar-refractivity contribution in [2.45, 2.75) is 19.6 Å². The molecule has 1 aromatic carbocycles. The van der Waals surface area contributed by atoms with Crippen LogP contribution in [-0.4, -0.2) is 36.2 Å². The Labute approximate surface area is 103 Å². The maximum Gasteiger partial charge on any atom is 0.0639 e. The molecule has 1 atom stereocenters. The summed E-state index contributed by atoms with van der Waals surface area (Å²) < 4.78 is 0. The van der Waals surface area contributed by atoms with Gasteiger partial charge in [-0.15, -0.1) is 0 Å². The fourth-order valence-corrected chi connectivity index (χ4v) is 1.67. The molecular formula is C14H20N2O. The summed E-state index contributed by atoms with van der Waals surface area (Å²) in [7, 11) is 1.99. The SMILES string of the molecule is CC(O)CN(C)Cc1ccc(C#CCN)cc1. The molecule has 1 unspecified atom stereocenters. The molecule has 0 aliphatic carbocycles. The first-order chi connectivity index (χ1) is 8.11. The highest BCUT2D eigenvalue weighted by Crippen LogP contribution is 2.06. The molecule has 0 aliphatic heterocycles. The summed E-state index contributed by atoms with van der Waals surface area (Å²) in [6.45, 7) is 3.69. The van der Waals surface area contributed by atoms with Gasteiger partial charge in [-0.2, -0.15) is 0 Å². The van der Waals surface area contributed by atoms with E-state index < -0.39 is 0 Å². The van der Waals surface area contributed by atoms with Crippen molar-refractivity contribution in [1.29, 1.82) is 0 Å². The van der Waals surface area contributed by atoms with Gasteiger partial charge < -0.3 is 10.8 Å². The first kappa shape index (κ1) is 13.7. The number of aliphatic hydroxyl groups is 1. The lowest BCUT2D eigenvalue weighted by Crippen LogP contribution is -2.26. The zero-order valence-electron chi connectivity index (χ0n) is 10.5. The molecule has 0 bridgehead atoms. The average molecular weight is 232 g/mol. The molecule has 3 N–H and O–H groups in total. The standard InChI is InChI=1S/C14H20N2O/c1-12(17)10-16(2)11-14-7-5-13(6-8-14)4-3-9-15/h5-8,12,17H,9-11,15H2,1-2H3. The molecule has 17 heavy (non-hydrogen) atoms. The zero-order chi connectivity index (χ0) is 12.7. The largest absolute Gasteiger partial charge is 0.392 e. The summed E-state index contributed by atoms with van der Waals surface area (Å²) in [5, 5.41) is 9.27. The summed E-state index contributed by atoms with van der Waals surface area (Å²) in [4.78, 5) is 2.09. The Bertz CT molecular complexity index is 387. The molecular weight excluding hydrogens is 212 g/mol. The minimum atomic E-state index is -0.297. The number of nitrogens with two attached hydrogens (primary N) is 1. The van der Waals surface area contributed by atoms with E-state index in [4.69, 9.17) is 5.73 Å². The molecule has 0 saturated heterocycles. The van der Waals surface area contributed by atoms with Gasteiger partial charge >= 0.3 is 0 Å². The van der Waals surface area contributed by atoms with E-state index in [0.717, 1.165) is 12.1 Å². The number of nitrogens with zero attached hydrogens (tertiary/aromatic N) is 1. The maximum atomic E-state index is 9.27. The van der Waals surface area contributed by atoms with Crippen molar-refractivity contribution >= 4 is 0 Å². The highest BCUT2D eigenvalue weighted by molar-refractivity contribution is 5.36. The Morgan fingerprint density at radius 1 is 1.35 bits per heavy atom. The van der Waals surface area contributed by atoms with Crippen LogP contribution in [0.25, 0.3) is 0 Å². The van der Waals surface area contributed by atoms with Crippen molar-refractivity contribution in [3.05, 3.63) is 35.4 Å². The van der Waals surface area contributed by atoms with Crippen molar-refractivity contribution < 1.29 is 5.11 Å². The number of hydrogen-bond donors (Lipinski definition) is 2. The van der Waals surface area contributed by atoms with Gasteiger partial charge in [0.1, 0.15) is 0 Å². The van der Waals surface area contributed by atoms with Gasteiger partial charge in [-0.05, 0) is 31.7 Å². The Morgan fingerprint density at radius 3 is 2.53 bits per heavy atom. The molecule has 0 saturated carbocycles. The van der Waals surface area contributed by atoms with E-state index in [-0.39, 0.29) is 6.10 Å². The molecule has 3 nitrogen and oxygen atoms in total. The van der Waals surface area contributed by atoms with Crippen LogP contribution in [0.1, 0.15) is 18.1 Å². The molecule has 0 aliphatic rings. The van der Waals surface area contributed by atoms with E-state index in [1.54, 1.807) is 6.92 Å². The molecule has 0 heterocycles. The van der Waals surface area contributed by atoms with Crippen LogP contribution >= 0.6 is 0 Å². The summed E-state index contributed by atoms with van der Waals surface area (Å²) in [6, 6.07) is 8.10. The van der Waals surface area contributed by atoms with Crippen LogP contribution in [0.3, 0.4) is 0 Å². The topological polar surface area (TPSA) is 49.5 Å². The number of aliphatic hydroxyl groups excluding tert-OH is 1. The quantitative estimate of drug-likeness (QED) is 0.755. The van der Waals surface area contributed by atoms with Gasteiger partial charge in [0.15, 0.2) is 0 Å². The molecule has 0 spiro atoms. The molecule has 1 aromatic rings. The van der Waals surface area contributed by atoms with Gasteiger partial charge in [-0.25, -0.2) is 0 Å². The second-order valence-corrected chi connectivity index (χ2v) is 4.25. The maximum absolute atomic E-state index is 9.27. The lowest BCUT2D eigenvalue weighted by molar-refractivity contribution is 0.138. The minimum Gasteiger partial charge on any atom is -0.392 e. The summed E-state index contributed by atoms with van der Waals surface area (Å²) in [5.74, 6) is 5.81. The second-order valence-electron chi connectivity index (χ2n) is 4.25. The molecule has 92 valence electrons. The van der Waals surface area contributed by atoms with Crippen LogP contribution in [-0.2, 0) is 6.54 Å². The van der Waals surface area contributed by atoms with Crippen molar-refractivity contribution in [3.63, 3.8) is 0 Å². The van der Waals surface area contributed by atoms with Gasteiger partial charge in [0.25, 0.3) is 0 Å². The van der Waals surface area contributed by atoms with E-state index in [1.807, 2.05) is 19.2 Å². The summed E-state index contributed by atoms with van der Waals surface area (Å²) >= 11 is 0. The van der Waals surface area contributed by atoms with Crippen molar-refractivity contribution in [2.24, 2.45) is 5.73 Å². The van der Waals surface area contributed by atoms with Crippen LogP contribution in [0.2, 0.25) is 0 Å². The van der Waals surface area contributed by atoms with E-state index in [2.05, 4.69) is 28.9 Å². The van der Waals surface area contributed by atoms with E-state index >= 15 is 0 Å². The molecule has 0 radical (unpaired) electrons. The number of hydrogen-bond acceptors (Lipinski definition) is 3. The third kappa shape index (κ3) is 5.50. The molecule has 0 aromatic heterocycles. The van der Waals surface area contributed by atoms with Gasteiger partial charge in [-0.3, -0.25) is 4.90 Å². The van der Waals surface area contributed by atoms with Crippen molar-refractivity contribution in [1.82, 2.24) is 4.90 Å². The van der Waals surface area contributed by atoms with E-state index in [1.165, 1.54) is 5.56 Å². The first-order valence-corrected chi connectivity index (χ1v) is 5.76. The van der Waals surface area contributed by atoms with E-state index in [9.17, 15) is 5.11 Å². The lowest BCUT2D eigenvalue weighted by atomic mass is 10.1. The second kappa shape index (κ2) is 7.08. The highest BCUT2D eigenvalue weighted by atomic mass is 16.3. The third-order valence-electron chi connectivity index (χ3n) is 2.32. The first-order valence-electron chi connectivity index (χ1n) is 5.76. The predicted octanol–water partition coefficient (Wildman–Crippen LogP) is 0.809. The Hall–Kier alpha value is -1.34. The molecule has 3 heteroatoms. The van der Waals surface area contributed by atoms with Crippen LogP contribution in [0, 0.1) is 11.8 Å². The number of rotatable bonds is 4. The smallest absolute Gasteiger partial charge is 0.0639 e. The highest BCUT2D eigenvalue weighted by Gasteiger charge is 2.03. The fraction of sp³-hybridized carbons (Fsp3) is 0.429. The summed E-state index contributed by atoms with van der Waals surface area (Å²) in [6.07, 6.45) is -0.297. The number of benzene rings is 1. The average Bonchev–Trinajstić information content (AvgIpc) is 2.27. The van der Waals surface area contributed by atoms with Gasteiger partial charge in [0.2, 0.25) is 0 Å². The normalized spacial score (nSPS) is 12.1.